The van der Waals surface area contributed by atoms with Crippen LogP contribution in [0.3, 0.4) is 0 Å². The zero-order chi connectivity index (χ0) is 15.4. The van der Waals surface area contributed by atoms with Gasteiger partial charge in [-0.3, -0.25) is 0 Å². The SMILES string of the molecule is CC(C)(C)C(N)N.Cc1ccc(C(C)(C)C)cc1N. The molecular weight excluding hydrogens is 234 g/mol. The predicted molar refractivity (Wildman–Crippen MR) is 85.9 cm³/mol. The lowest BCUT2D eigenvalue weighted by atomic mass is 9.86. The lowest BCUT2D eigenvalue weighted by Crippen LogP contribution is -2.42. The Labute approximate surface area is 118 Å². The van der Waals surface area contributed by atoms with E-state index >= 15 is 0 Å². The fourth-order valence-electron chi connectivity index (χ4n) is 1.11. The van der Waals surface area contributed by atoms with Crippen LogP contribution >= 0.6 is 0 Å². The molecule has 0 radical (unpaired) electrons. The van der Waals surface area contributed by atoms with Crippen molar-refractivity contribution < 1.29 is 0 Å². The van der Waals surface area contributed by atoms with E-state index in [1.807, 2.05) is 27.7 Å². The molecule has 110 valence electrons. The minimum absolute atomic E-state index is 0.0556. The largest absolute Gasteiger partial charge is 0.399 e. The van der Waals surface area contributed by atoms with E-state index in [4.69, 9.17) is 17.2 Å². The molecule has 3 heteroatoms. The average Bonchev–Trinajstić information content (AvgIpc) is 2.20. The number of hydrogen-bond donors (Lipinski definition) is 3. The average molecular weight is 265 g/mol. The van der Waals surface area contributed by atoms with Gasteiger partial charge in [-0.15, -0.1) is 0 Å². The van der Waals surface area contributed by atoms with Crippen LogP contribution < -0.4 is 17.2 Å². The third-order valence-corrected chi connectivity index (χ3v) is 3.15. The molecule has 0 unspecified atom stereocenters. The molecule has 0 heterocycles. The Kier molecular flexibility index (Phi) is 6.04. The summed E-state index contributed by atoms with van der Waals surface area (Å²) in [5, 5.41) is 0. The molecule has 3 nitrogen and oxygen atoms in total. The van der Waals surface area contributed by atoms with E-state index < -0.39 is 0 Å². The third-order valence-electron chi connectivity index (χ3n) is 3.15. The fraction of sp³-hybridized carbons (Fsp3) is 0.625. The van der Waals surface area contributed by atoms with Crippen molar-refractivity contribution in [3.63, 3.8) is 0 Å². The molecule has 0 atom stereocenters. The summed E-state index contributed by atoms with van der Waals surface area (Å²) in [6, 6.07) is 6.29. The van der Waals surface area contributed by atoms with Crippen molar-refractivity contribution in [1.29, 1.82) is 0 Å². The van der Waals surface area contributed by atoms with Crippen molar-refractivity contribution in [3.05, 3.63) is 29.3 Å². The molecular formula is C16H31N3. The van der Waals surface area contributed by atoms with E-state index in [9.17, 15) is 0 Å². The summed E-state index contributed by atoms with van der Waals surface area (Å²) >= 11 is 0. The number of anilines is 1. The van der Waals surface area contributed by atoms with Crippen LogP contribution in [0.25, 0.3) is 0 Å². The first-order chi connectivity index (χ1) is 8.35. The highest BCUT2D eigenvalue weighted by atomic mass is 14.9. The van der Waals surface area contributed by atoms with E-state index in [-0.39, 0.29) is 17.0 Å². The van der Waals surface area contributed by atoms with Crippen LogP contribution in [-0.2, 0) is 5.41 Å². The van der Waals surface area contributed by atoms with Gasteiger partial charge < -0.3 is 17.2 Å². The maximum absolute atomic E-state index is 5.82. The summed E-state index contributed by atoms with van der Waals surface area (Å²) < 4.78 is 0. The second-order valence-electron chi connectivity index (χ2n) is 7.21. The molecule has 0 fully saturated rings. The van der Waals surface area contributed by atoms with Crippen molar-refractivity contribution in [3.8, 4) is 0 Å². The summed E-state index contributed by atoms with van der Waals surface area (Å²) in [5.74, 6) is 0. The summed E-state index contributed by atoms with van der Waals surface area (Å²) in [4.78, 5) is 0. The third kappa shape index (κ3) is 6.60. The first-order valence-corrected chi connectivity index (χ1v) is 6.73. The molecule has 0 saturated carbocycles. The summed E-state index contributed by atoms with van der Waals surface area (Å²) in [6.07, 6.45) is -0.201. The van der Waals surface area contributed by atoms with Gasteiger partial charge in [0.25, 0.3) is 0 Å². The first-order valence-electron chi connectivity index (χ1n) is 6.73. The Bertz CT molecular complexity index is 395. The summed E-state index contributed by atoms with van der Waals surface area (Å²) in [6.45, 7) is 14.6. The highest BCUT2D eigenvalue weighted by molar-refractivity contribution is 5.49. The van der Waals surface area contributed by atoms with Crippen LogP contribution in [0, 0.1) is 12.3 Å². The summed E-state index contributed by atoms with van der Waals surface area (Å²) in [7, 11) is 0. The van der Waals surface area contributed by atoms with Crippen LogP contribution in [0.4, 0.5) is 5.69 Å². The lowest BCUT2D eigenvalue weighted by Gasteiger charge is -2.22. The minimum atomic E-state index is -0.201. The number of rotatable bonds is 0. The zero-order valence-electron chi connectivity index (χ0n) is 13.5. The second-order valence-corrected chi connectivity index (χ2v) is 7.21. The normalized spacial score (nSPS) is 12.1. The van der Waals surface area contributed by atoms with Crippen LogP contribution in [0.5, 0.6) is 0 Å². The molecule has 6 N–H and O–H groups in total. The number of benzene rings is 1. The van der Waals surface area contributed by atoms with Crippen LogP contribution in [0.2, 0.25) is 0 Å². The summed E-state index contributed by atoms with van der Waals surface area (Å²) in [5.41, 5.74) is 20.1. The van der Waals surface area contributed by atoms with E-state index in [0.29, 0.717) is 0 Å². The number of nitrogens with two attached hydrogens (primary N) is 3. The van der Waals surface area contributed by atoms with Crippen LogP contribution in [0.1, 0.15) is 52.7 Å². The van der Waals surface area contributed by atoms with Gasteiger partial charge in [0.05, 0.1) is 6.17 Å². The highest BCUT2D eigenvalue weighted by Crippen LogP contribution is 2.25. The topological polar surface area (TPSA) is 78.1 Å². The quantitative estimate of drug-likeness (QED) is 0.498. The molecule has 1 rings (SSSR count). The molecule has 0 amide bonds. The molecule has 19 heavy (non-hydrogen) atoms. The predicted octanol–water partition coefficient (Wildman–Crippen LogP) is 3.15. The second kappa shape index (κ2) is 6.40. The maximum Gasteiger partial charge on any atom is 0.0570 e. The van der Waals surface area contributed by atoms with Gasteiger partial charge in [-0.1, -0.05) is 53.7 Å². The Hall–Kier alpha value is -1.06. The van der Waals surface area contributed by atoms with Crippen molar-refractivity contribution >= 4 is 5.69 Å². The Balaban J connectivity index is 0.000000399. The standard InChI is InChI=1S/C11H17N.C5H14N2/c1-8-5-6-9(7-10(8)12)11(2,3)4;1-5(2,3)4(6)7/h5-7H,12H2,1-4H3;4H,6-7H2,1-3H3. The molecule has 0 saturated heterocycles. The van der Waals surface area contributed by atoms with Gasteiger partial charge in [0, 0.05) is 5.69 Å². The molecule has 0 bridgehead atoms. The van der Waals surface area contributed by atoms with Gasteiger partial charge in [0.15, 0.2) is 0 Å². The molecule has 0 aliphatic carbocycles. The van der Waals surface area contributed by atoms with Crippen molar-refractivity contribution in [1.82, 2.24) is 0 Å². The van der Waals surface area contributed by atoms with Crippen molar-refractivity contribution in [2.75, 3.05) is 5.73 Å². The first kappa shape index (κ1) is 17.9. The molecule has 0 aromatic heterocycles. The fourth-order valence-corrected chi connectivity index (χ4v) is 1.11. The highest BCUT2D eigenvalue weighted by Gasteiger charge is 2.15. The zero-order valence-corrected chi connectivity index (χ0v) is 13.5. The number of nitrogen functional groups attached to an aromatic ring is 1. The van der Waals surface area contributed by atoms with Gasteiger partial charge in [0.1, 0.15) is 0 Å². The van der Waals surface area contributed by atoms with Crippen molar-refractivity contribution in [2.45, 2.75) is 60.0 Å². The van der Waals surface area contributed by atoms with Gasteiger partial charge in [0.2, 0.25) is 0 Å². The van der Waals surface area contributed by atoms with Gasteiger partial charge in [-0.2, -0.15) is 0 Å². The van der Waals surface area contributed by atoms with E-state index in [0.717, 1.165) is 11.3 Å². The molecule has 1 aromatic carbocycles. The monoisotopic (exact) mass is 265 g/mol. The van der Waals surface area contributed by atoms with E-state index in [1.54, 1.807) is 0 Å². The van der Waals surface area contributed by atoms with Gasteiger partial charge in [-0.05, 0) is 34.9 Å². The Morgan fingerprint density at radius 1 is 0.947 bits per heavy atom. The van der Waals surface area contributed by atoms with Crippen LogP contribution in [-0.4, -0.2) is 6.17 Å². The van der Waals surface area contributed by atoms with Gasteiger partial charge in [-0.25, -0.2) is 0 Å². The Morgan fingerprint density at radius 2 is 1.37 bits per heavy atom. The maximum atomic E-state index is 5.82. The van der Waals surface area contributed by atoms with E-state index in [1.165, 1.54) is 5.56 Å². The van der Waals surface area contributed by atoms with Crippen molar-refractivity contribution in [2.24, 2.45) is 16.9 Å². The van der Waals surface area contributed by atoms with E-state index in [2.05, 4.69) is 39.0 Å². The molecule has 0 aliphatic heterocycles. The molecule has 0 spiro atoms. The molecule has 0 aliphatic rings. The smallest absolute Gasteiger partial charge is 0.0570 e. The number of hydrogen-bond acceptors (Lipinski definition) is 3. The van der Waals surface area contributed by atoms with Gasteiger partial charge >= 0.3 is 0 Å². The lowest BCUT2D eigenvalue weighted by molar-refractivity contribution is 0.327. The Morgan fingerprint density at radius 3 is 1.63 bits per heavy atom. The number of aryl methyl sites for hydroxylation is 1. The molecule has 1 aromatic rings. The minimum Gasteiger partial charge on any atom is -0.399 e. The van der Waals surface area contributed by atoms with Crippen LogP contribution in [0.15, 0.2) is 18.2 Å².